The number of aliphatic hydroxyl groups is 1. The van der Waals surface area contributed by atoms with Gasteiger partial charge in [-0.05, 0) is 33.8 Å². The van der Waals surface area contributed by atoms with Crippen molar-refractivity contribution in [1.29, 1.82) is 0 Å². The molecular weight excluding hydrogens is 304 g/mol. The lowest BCUT2D eigenvalue weighted by Crippen LogP contribution is -2.41. The second kappa shape index (κ2) is 6.03. The molecule has 0 spiro atoms. The maximum Gasteiger partial charge on any atom is 0.152 e. The molecule has 128 valence electrons. The van der Waals surface area contributed by atoms with E-state index in [1.807, 2.05) is 42.7 Å². The number of benzene rings is 1. The molecule has 1 aromatic carbocycles. The highest BCUT2D eigenvalue weighted by Gasteiger charge is 2.35. The van der Waals surface area contributed by atoms with Crippen LogP contribution in [0, 0.1) is 0 Å². The number of ether oxygens (including phenoxy) is 1. The molecule has 0 saturated carbocycles. The van der Waals surface area contributed by atoms with E-state index in [1.54, 1.807) is 20.2 Å². The zero-order valence-electron chi connectivity index (χ0n) is 14.5. The molecule has 0 fully saturated rings. The molecule has 0 aliphatic rings. The molecule has 24 heavy (non-hydrogen) atoms. The van der Waals surface area contributed by atoms with Crippen molar-refractivity contribution >= 4 is 27.8 Å². The third-order valence-electron chi connectivity index (χ3n) is 4.33. The molecule has 6 heteroatoms. The quantitative estimate of drug-likeness (QED) is 0.752. The smallest absolute Gasteiger partial charge is 0.152 e. The Bertz CT molecular complexity index is 866. The fourth-order valence-corrected chi connectivity index (χ4v) is 3.48. The topological polar surface area (TPSA) is 86.2 Å². The number of hydrogen-bond donors (Lipinski definition) is 2. The van der Waals surface area contributed by atoms with Crippen molar-refractivity contribution in [2.75, 3.05) is 12.3 Å². The molecule has 2 heterocycles. The van der Waals surface area contributed by atoms with E-state index in [4.69, 9.17) is 10.5 Å². The van der Waals surface area contributed by atoms with E-state index in [-0.39, 0.29) is 12.1 Å². The Morgan fingerprint density at radius 2 is 2.04 bits per heavy atom. The van der Waals surface area contributed by atoms with Crippen LogP contribution in [-0.4, -0.2) is 38.0 Å². The highest BCUT2D eigenvalue weighted by Crippen LogP contribution is 2.35. The van der Waals surface area contributed by atoms with Gasteiger partial charge >= 0.3 is 0 Å². The van der Waals surface area contributed by atoms with Crippen LogP contribution in [0.4, 0.5) is 5.82 Å². The van der Waals surface area contributed by atoms with Crippen molar-refractivity contribution in [2.24, 2.45) is 0 Å². The van der Waals surface area contributed by atoms with Crippen molar-refractivity contribution in [3.63, 3.8) is 0 Å². The average molecular weight is 328 g/mol. The lowest BCUT2D eigenvalue weighted by Gasteiger charge is -2.35. The second-order valence-corrected chi connectivity index (χ2v) is 6.62. The zero-order chi connectivity index (χ0) is 17.5. The molecule has 6 nitrogen and oxygen atoms in total. The third kappa shape index (κ3) is 2.72. The Morgan fingerprint density at radius 1 is 1.33 bits per heavy atom. The average Bonchev–Trinajstić information content (AvgIpc) is 2.92. The minimum atomic E-state index is -0.999. The number of nitrogens with two attached hydrogens (primary N) is 1. The first-order chi connectivity index (χ1) is 11.3. The van der Waals surface area contributed by atoms with E-state index >= 15 is 0 Å². The van der Waals surface area contributed by atoms with E-state index < -0.39 is 5.60 Å². The minimum absolute atomic E-state index is 0.194. The normalized spacial score (nSPS) is 15.0. The fourth-order valence-electron chi connectivity index (χ4n) is 3.48. The van der Waals surface area contributed by atoms with Crippen molar-refractivity contribution in [2.45, 2.75) is 45.4 Å². The molecule has 0 aliphatic carbocycles. The summed E-state index contributed by atoms with van der Waals surface area (Å²) < 4.78 is 7.76. The van der Waals surface area contributed by atoms with Crippen LogP contribution in [0.15, 0.2) is 30.6 Å². The summed E-state index contributed by atoms with van der Waals surface area (Å²) in [5.74, 6) is 0.390. The summed E-state index contributed by atoms with van der Waals surface area (Å²) in [6.07, 6.45) is 1.52. The Kier molecular flexibility index (Phi) is 4.19. The van der Waals surface area contributed by atoms with E-state index in [2.05, 4.69) is 9.97 Å². The first-order valence-electron chi connectivity index (χ1n) is 8.19. The molecule has 3 rings (SSSR count). The van der Waals surface area contributed by atoms with Gasteiger partial charge in [0, 0.05) is 12.0 Å². The molecule has 0 radical (unpaired) electrons. The summed E-state index contributed by atoms with van der Waals surface area (Å²) in [6.45, 7) is 8.05. The fraction of sp³-hybridized carbons (Fsp3) is 0.444. The number of hydrogen-bond acceptors (Lipinski definition) is 5. The lowest BCUT2D eigenvalue weighted by molar-refractivity contribution is -0.0573. The molecule has 3 aromatic rings. The largest absolute Gasteiger partial charge is 0.388 e. The maximum absolute atomic E-state index is 10.8. The van der Waals surface area contributed by atoms with Crippen LogP contribution < -0.4 is 5.73 Å². The summed E-state index contributed by atoms with van der Waals surface area (Å²) in [5, 5.41) is 11.7. The lowest BCUT2D eigenvalue weighted by atomic mass is 9.93. The third-order valence-corrected chi connectivity index (χ3v) is 4.33. The molecule has 0 aliphatic heterocycles. The van der Waals surface area contributed by atoms with Gasteiger partial charge in [-0.1, -0.05) is 18.2 Å². The van der Waals surface area contributed by atoms with Crippen LogP contribution in [0.5, 0.6) is 0 Å². The van der Waals surface area contributed by atoms with Crippen molar-refractivity contribution < 1.29 is 9.84 Å². The summed E-state index contributed by atoms with van der Waals surface area (Å²) >= 11 is 0. The van der Waals surface area contributed by atoms with E-state index in [1.165, 1.54) is 0 Å². The number of imidazole rings is 1. The molecule has 0 unspecified atom stereocenters. The van der Waals surface area contributed by atoms with Gasteiger partial charge in [-0.3, -0.25) is 0 Å². The molecule has 0 bridgehead atoms. The van der Waals surface area contributed by atoms with E-state index in [0.717, 1.165) is 16.4 Å². The van der Waals surface area contributed by atoms with Crippen LogP contribution in [-0.2, 0) is 4.74 Å². The number of rotatable bonds is 5. The summed E-state index contributed by atoms with van der Waals surface area (Å²) in [7, 11) is 0. The summed E-state index contributed by atoms with van der Waals surface area (Å²) in [6, 6.07) is 7.50. The molecule has 0 saturated heterocycles. The van der Waals surface area contributed by atoms with Crippen molar-refractivity contribution in [3.05, 3.63) is 30.6 Å². The van der Waals surface area contributed by atoms with Crippen LogP contribution in [0.1, 0.15) is 33.7 Å². The number of nitrogens with zero attached hydrogens (tertiary/aromatic N) is 3. The molecule has 2 aromatic heterocycles. The highest BCUT2D eigenvalue weighted by molar-refractivity contribution is 6.06. The molecule has 3 N–H and O–H groups in total. The van der Waals surface area contributed by atoms with Crippen molar-refractivity contribution in [1.82, 2.24) is 14.5 Å². The number of para-hydroxylation sites is 1. The first-order valence-corrected chi connectivity index (χ1v) is 8.19. The van der Waals surface area contributed by atoms with Gasteiger partial charge in [0.25, 0.3) is 0 Å². The first kappa shape index (κ1) is 16.7. The second-order valence-electron chi connectivity index (χ2n) is 6.62. The van der Waals surface area contributed by atoms with Gasteiger partial charge in [0.05, 0.1) is 35.1 Å². The standard InChI is InChI=1S/C18H24N4O2/c1-5-24-11(2)16(18(3,4)23)22-10-20-14-15(22)12-8-6-7-9-13(12)21-17(14)19/h6-11,16,23H,5H2,1-4H3,(H2,19,21)/t11-,16+/m0/s1. The number of nitrogen functional groups attached to an aromatic ring is 1. The Balaban J connectivity index is 2.32. The Hall–Kier alpha value is -2.18. The van der Waals surface area contributed by atoms with Crippen LogP contribution in [0.2, 0.25) is 0 Å². The van der Waals surface area contributed by atoms with Crippen LogP contribution in [0.25, 0.3) is 21.9 Å². The van der Waals surface area contributed by atoms with Gasteiger partial charge in [0.1, 0.15) is 5.52 Å². The van der Waals surface area contributed by atoms with Crippen LogP contribution >= 0.6 is 0 Å². The summed E-state index contributed by atoms with van der Waals surface area (Å²) in [5.41, 5.74) is 7.43. The number of anilines is 1. The Labute approximate surface area is 141 Å². The van der Waals surface area contributed by atoms with Gasteiger partial charge < -0.3 is 20.1 Å². The van der Waals surface area contributed by atoms with Gasteiger partial charge in [-0.25, -0.2) is 9.97 Å². The molecular formula is C18H24N4O2. The predicted molar refractivity (Wildman–Crippen MR) is 95.9 cm³/mol. The minimum Gasteiger partial charge on any atom is -0.388 e. The SMILES string of the molecule is CCO[C@@H](C)[C@@H](n1cnc2c(N)nc3ccccc3c21)C(C)(C)O. The Morgan fingerprint density at radius 3 is 2.71 bits per heavy atom. The number of pyridine rings is 1. The predicted octanol–water partition coefficient (Wildman–Crippen LogP) is 2.90. The van der Waals surface area contributed by atoms with Gasteiger partial charge in [-0.15, -0.1) is 0 Å². The number of fused-ring (bicyclic) bond motifs is 3. The van der Waals surface area contributed by atoms with Crippen molar-refractivity contribution in [3.8, 4) is 0 Å². The highest BCUT2D eigenvalue weighted by atomic mass is 16.5. The molecule has 0 amide bonds. The van der Waals surface area contributed by atoms with Gasteiger partial charge in [-0.2, -0.15) is 0 Å². The zero-order valence-corrected chi connectivity index (χ0v) is 14.5. The maximum atomic E-state index is 10.8. The van der Waals surface area contributed by atoms with Gasteiger partial charge in [0.2, 0.25) is 0 Å². The number of aromatic nitrogens is 3. The van der Waals surface area contributed by atoms with Crippen LogP contribution in [0.3, 0.4) is 0 Å². The van der Waals surface area contributed by atoms with E-state index in [0.29, 0.717) is 17.9 Å². The summed E-state index contributed by atoms with van der Waals surface area (Å²) in [4.78, 5) is 8.88. The van der Waals surface area contributed by atoms with E-state index in [9.17, 15) is 5.11 Å². The molecule has 2 atom stereocenters. The van der Waals surface area contributed by atoms with Gasteiger partial charge in [0.15, 0.2) is 5.82 Å². The monoisotopic (exact) mass is 328 g/mol.